The summed E-state index contributed by atoms with van der Waals surface area (Å²) in [6.07, 6.45) is 0.683. The molecule has 0 N–H and O–H groups in total. The number of rotatable bonds is 5. The minimum Gasteiger partial charge on any atom is -0.493 e. The monoisotopic (exact) mass is 301 g/mol. The Kier molecular flexibility index (Phi) is 4.59. The van der Waals surface area contributed by atoms with Crippen LogP contribution in [0.1, 0.15) is 23.5 Å². The number of ether oxygens (including phenoxy) is 1. The van der Waals surface area contributed by atoms with E-state index in [2.05, 4.69) is 31.2 Å². The van der Waals surface area contributed by atoms with Gasteiger partial charge in [0, 0.05) is 11.8 Å². The highest BCUT2D eigenvalue weighted by Crippen LogP contribution is 2.26. The number of hydrogen-bond donors (Lipinski definition) is 0. The molecule has 0 aliphatic carbocycles. The van der Waals surface area contributed by atoms with Gasteiger partial charge in [-0.25, -0.2) is 0 Å². The predicted octanol–water partition coefficient (Wildman–Crippen LogP) is 5.22. The van der Waals surface area contributed by atoms with Crippen LogP contribution in [0.5, 0.6) is 5.75 Å². The van der Waals surface area contributed by atoms with E-state index in [9.17, 15) is 5.26 Å². The summed E-state index contributed by atoms with van der Waals surface area (Å²) in [5.41, 5.74) is 2.26. The van der Waals surface area contributed by atoms with E-state index in [0.717, 1.165) is 16.7 Å². The van der Waals surface area contributed by atoms with Gasteiger partial charge in [0.05, 0.1) is 18.6 Å². The van der Waals surface area contributed by atoms with Gasteiger partial charge in [0.1, 0.15) is 5.75 Å². The first-order valence-corrected chi connectivity index (χ1v) is 7.84. The molecule has 23 heavy (non-hydrogen) atoms. The van der Waals surface area contributed by atoms with Gasteiger partial charge in [-0.05, 0) is 23.9 Å². The zero-order valence-electron chi connectivity index (χ0n) is 13.2. The van der Waals surface area contributed by atoms with Crippen molar-refractivity contribution in [3.8, 4) is 11.8 Å². The number of benzene rings is 3. The fourth-order valence-corrected chi connectivity index (χ4v) is 2.71. The Morgan fingerprint density at radius 2 is 1.70 bits per heavy atom. The Morgan fingerprint density at radius 1 is 0.957 bits per heavy atom. The van der Waals surface area contributed by atoms with Crippen molar-refractivity contribution in [2.75, 3.05) is 6.61 Å². The molecule has 2 nitrogen and oxygen atoms in total. The molecule has 1 atom stereocenters. The zero-order chi connectivity index (χ0) is 16.1. The largest absolute Gasteiger partial charge is 0.493 e. The van der Waals surface area contributed by atoms with Gasteiger partial charge in [0.25, 0.3) is 0 Å². The first kappa shape index (κ1) is 15.1. The van der Waals surface area contributed by atoms with Crippen molar-refractivity contribution in [2.24, 2.45) is 0 Å². The molecule has 3 aromatic rings. The molecule has 0 saturated heterocycles. The third kappa shape index (κ3) is 3.52. The van der Waals surface area contributed by atoms with E-state index in [1.807, 2.05) is 48.5 Å². The Bertz CT molecular complexity index is 825. The van der Waals surface area contributed by atoms with Gasteiger partial charge in [0.2, 0.25) is 0 Å². The maximum Gasteiger partial charge on any atom is 0.127 e. The molecule has 0 aliphatic rings. The van der Waals surface area contributed by atoms with Crippen LogP contribution in [0.2, 0.25) is 0 Å². The van der Waals surface area contributed by atoms with Crippen LogP contribution in [0, 0.1) is 18.3 Å². The van der Waals surface area contributed by atoms with Crippen molar-refractivity contribution >= 4 is 10.8 Å². The predicted molar refractivity (Wildman–Crippen MR) is 93.6 cm³/mol. The van der Waals surface area contributed by atoms with E-state index in [4.69, 9.17) is 4.74 Å². The standard InChI is InChI=1S/C21H19NO/c1-16-9-11-17(12-10-16)19(15-22)13-14-23-21-8-4-6-18-5-2-3-7-20(18)21/h2-12,19H,13-14H2,1H3. The minimum absolute atomic E-state index is 0.134. The van der Waals surface area contributed by atoms with Gasteiger partial charge in [-0.1, -0.05) is 66.2 Å². The minimum atomic E-state index is -0.134. The van der Waals surface area contributed by atoms with Crippen molar-refractivity contribution in [1.82, 2.24) is 0 Å². The molecular formula is C21H19NO. The molecule has 114 valence electrons. The van der Waals surface area contributed by atoms with Gasteiger partial charge in [-0.2, -0.15) is 5.26 Å². The number of nitrogens with zero attached hydrogens (tertiary/aromatic N) is 1. The lowest BCUT2D eigenvalue weighted by atomic mass is 9.97. The molecule has 0 aromatic heterocycles. The van der Waals surface area contributed by atoms with Crippen molar-refractivity contribution in [1.29, 1.82) is 5.26 Å². The summed E-state index contributed by atoms with van der Waals surface area (Å²) >= 11 is 0. The SMILES string of the molecule is Cc1ccc(C(C#N)CCOc2cccc3ccccc23)cc1. The van der Waals surface area contributed by atoms with Crippen LogP contribution in [0.15, 0.2) is 66.7 Å². The lowest BCUT2D eigenvalue weighted by Crippen LogP contribution is -2.04. The lowest BCUT2D eigenvalue weighted by Gasteiger charge is -2.12. The molecule has 0 bridgehead atoms. The Labute approximate surface area is 137 Å². The summed E-state index contributed by atoms with van der Waals surface area (Å²) in [5.74, 6) is 0.745. The molecule has 3 aromatic carbocycles. The second-order valence-corrected chi connectivity index (χ2v) is 5.71. The summed E-state index contributed by atoms with van der Waals surface area (Å²) in [4.78, 5) is 0. The summed E-state index contributed by atoms with van der Waals surface area (Å²) in [5, 5.41) is 11.7. The molecule has 0 aliphatic heterocycles. The first-order chi connectivity index (χ1) is 11.3. The van der Waals surface area contributed by atoms with E-state index in [0.29, 0.717) is 13.0 Å². The molecule has 1 unspecified atom stereocenters. The summed E-state index contributed by atoms with van der Waals surface area (Å²) in [6.45, 7) is 2.58. The number of aryl methyl sites for hydroxylation is 1. The van der Waals surface area contributed by atoms with Crippen molar-refractivity contribution < 1.29 is 4.74 Å². The summed E-state index contributed by atoms with van der Waals surface area (Å²) in [6, 6.07) is 24.8. The van der Waals surface area contributed by atoms with Crippen molar-refractivity contribution in [3.05, 3.63) is 77.9 Å². The van der Waals surface area contributed by atoms with Crippen LogP contribution in [-0.2, 0) is 0 Å². The smallest absolute Gasteiger partial charge is 0.127 e. The lowest BCUT2D eigenvalue weighted by molar-refractivity contribution is 0.309. The van der Waals surface area contributed by atoms with E-state index < -0.39 is 0 Å². The molecule has 0 heterocycles. The van der Waals surface area contributed by atoms with Crippen LogP contribution >= 0.6 is 0 Å². The highest BCUT2D eigenvalue weighted by atomic mass is 16.5. The molecule has 2 heteroatoms. The van der Waals surface area contributed by atoms with E-state index >= 15 is 0 Å². The second-order valence-electron chi connectivity index (χ2n) is 5.71. The molecule has 3 rings (SSSR count). The van der Waals surface area contributed by atoms with Crippen LogP contribution < -0.4 is 4.74 Å². The highest BCUT2D eigenvalue weighted by Gasteiger charge is 2.11. The van der Waals surface area contributed by atoms with Gasteiger partial charge in [0.15, 0.2) is 0 Å². The number of nitriles is 1. The Balaban J connectivity index is 1.68. The van der Waals surface area contributed by atoms with Gasteiger partial charge in [-0.3, -0.25) is 0 Å². The van der Waals surface area contributed by atoms with Gasteiger partial charge >= 0.3 is 0 Å². The van der Waals surface area contributed by atoms with E-state index in [1.54, 1.807) is 0 Å². The fourth-order valence-electron chi connectivity index (χ4n) is 2.71. The Hall–Kier alpha value is -2.79. The number of hydrogen-bond acceptors (Lipinski definition) is 2. The molecule has 0 amide bonds. The second kappa shape index (κ2) is 6.98. The van der Waals surface area contributed by atoms with Crippen LogP contribution in [-0.4, -0.2) is 6.61 Å². The van der Waals surface area contributed by atoms with Crippen molar-refractivity contribution in [2.45, 2.75) is 19.3 Å². The quantitative estimate of drug-likeness (QED) is 0.647. The fraction of sp³-hybridized carbons (Fsp3) is 0.190. The maximum absolute atomic E-state index is 9.41. The van der Waals surface area contributed by atoms with E-state index in [1.165, 1.54) is 10.9 Å². The molecule has 0 saturated carbocycles. The zero-order valence-corrected chi connectivity index (χ0v) is 13.2. The van der Waals surface area contributed by atoms with Crippen LogP contribution in [0.3, 0.4) is 0 Å². The molecule has 0 spiro atoms. The van der Waals surface area contributed by atoms with Crippen LogP contribution in [0.4, 0.5) is 0 Å². The van der Waals surface area contributed by atoms with Crippen molar-refractivity contribution in [3.63, 3.8) is 0 Å². The van der Waals surface area contributed by atoms with Gasteiger partial charge < -0.3 is 4.74 Å². The molecule has 0 fully saturated rings. The number of fused-ring (bicyclic) bond motifs is 1. The maximum atomic E-state index is 9.41. The van der Waals surface area contributed by atoms with Gasteiger partial charge in [-0.15, -0.1) is 0 Å². The Morgan fingerprint density at radius 3 is 2.48 bits per heavy atom. The first-order valence-electron chi connectivity index (χ1n) is 7.84. The highest BCUT2D eigenvalue weighted by molar-refractivity contribution is 5.88. The average Bonchev–Trinajstić information content (AvgIpc) is 2.60. The summed E-state index contributed by atoms with van der Waals surface area (Å²) < 4.78 is 5.95. The third-order valence-corrected chi connectivity index (χ3v) is 4.05. The molecular weight excluding hydrogens is 282 g/mol. The summed E-state index contributed by atoms with van der Waals surface area (Å²) in [7, 11) is 0. The normalized spacial score (nSPS) is 11.8. The third-order valence-electron chi connectivity index (χ3n) is 4.05. The topological polar surface area (TPSA) is 33.0 Å². The molecule has 0 radical (unpaired) electrons. The van der Waals surface area contributed by atoms with Crippen LogP contribution in [0.25, 0.3) is 10.8 Å². The average molecular weight is 301 g/mol. The van der Waals surface area contributed by atoms with E-state index in [-0.39, 0.29) is 5.92 Å².